The largest absolute Gasteiger partial charge is 0.353 e. The van der Waals surface area contributed by atoms with Gasteiger partial charge in [-0.25, -0.2) is 9.37 Å². The third-order valence-corrected chi connectivity index (χ3v) is 9.04. The summed E-state index contributed by atoms with van der Waals surface area (Å²) in [6.07, 6.45) is 4.21. The SMILES string of the molecule is Cc1ccc2c(c1)c1nnc(SCCCCC(=O)NC3CCN(Cc4ccccc4)CC3)nc1n2Cc1ccccc1F. The molecule has 43 heavy (non-hydrogen) atoms. The predicted molar refractivity (Wildman–Crippen MR) is 171 cm³/mol. The van der Waals surface area contributed by atoms with Gasteiger partial charge in [0.1, 0.15) is 11.3 Å². The Balaban J connectivity index is 0.998. The number of benzene rings is 3. The predicted octanol–water partition coefficient (Wildman–Crippen LogP) is 6.52. The Labute approximate surface area is 255 Å². The molecule has 3 heterocycles. The van der Waals surface area contributed by atoms with Crippen molar-refractivity contribution in [2.24, 2.45) is 0 Å². The summed E-state index contributed by atoms with van der Waals surface area (Å²) >= 11 is 1.55. The summed E-state index contributed by atoms with van der Waals surface area (Å²) in [5.74, 6) is 0.697. The van der Waals surface area contributed by atoms with Gasteiger partial charge in [-0.05, 0) is 56.4 Å². The minimum absolute atomic E-state index is 0.138. The van der Waals surface area contributed by atoms with Crippen molar-refractivity contribution >= 4 is 39.7 Å². The molecule has 0 spiro atoms. The highest BCUT2D eigenvalue weighted by atomic mass is 32.2. The van der Waals surface area contributed by atoms with E-state index in [1.165, 1.54) is 11.6 Å². The molecule has 0 radical (unpaired) electrons. The Morgan fingerprint density at radius 2 is 1.77 bits per heavy atom. The first-order valence-electron chi connectivity index (χ1n) is 15.1. The smallest absolute Gasteiger partial charge is 0.220 e. The van der Waals surface area contributed by atoms with Gasteiger partial charge in [0.05, 0.1) is 12.1 Å². The Bertz CT molecular complexity index is 1700. The Hall–Kier alpha value is -3.82. The minimum atomic E-state index is -0.237. The van der Waals surface area contributed by atoms with Crippen molar-refractivity contribution in [3.05, 3.63) is 95.3 Å². The number of halogens is 1. The number of piperidine rings is 1. The molecule has 0 bridgehead atoms. The topological polar surface area (TPSA) is 75.9 Å². The number of nitrogens with zero attached hydrogens (tertiary/aromatic N) is 5. The number of thioether (sulfide) groups is 1. The van der Waals surface area contributed by atoms with Gasteiger partial charge in [0.25, 0.3) is 0 Å². The summed E-state index contributed by atoms with van der Waals surface area (Å²) in [7, 11) is 0. The molecule has 222 valence electrons. The van der Waals surface area contributed by atoms with E-state index in [2.05, 4.69) is 50.7 Å². The zero-order chi connectivity index (χ0) is 29.6. The average molecular weight is 597 g/mol. The minimum Gasteiger partial charge on any atom is -0.353 e. The van der Waals surface area contributed by atoms with Gasteiger partial charge in [0.2, 0.25) is 11.1 Å². The molecule has 1 aliphatic heterocycles. The summed E-state index contributed by atoms with van der Waals surface area (Å²) in [5.41, 5.74) is 5.45. The number of hydrogen-bond acceptors (Lipinski definition) is 6. The van der Waals surface area contributed by atoms with Crippen LogP contribution in [0.2, 0.25) is 0 Å². The molecule has 0 aliphatic carbocycles. The van der Waals surface area contributed by atoms with Crippen LogP contribution in [-0.2, 0) is 17.9 Å². The third-order valence-electron chi connectivity index (χ3n) is 8.12. The molecule has 5 aromatic rings. The van der Waals surface area contributed by atoms with Crippen LogP contribution in [0.3, 0.4) is 0 Å². The number of hydrogen-bond donors (Lipinski definition) is 1. The van der Waals surface area contributed by atoms with Gasteiger partial charge in [0.15, 0.2) is 5.65 Å². The highest BCUT2D eigenvalue weighted by Gasteiger charge is 2.21. The highest BCUT2D eigenvalue weighted by molar-refractivity contribution is 7.99. The first-order chi connectivity index (χ1) is 21.0. The number of likely N-dealkylation sites (tertiary alicyclic amines) is 1. The number of fused-ring (bicyclic) bond motifs is 3. The van der Waals surface area contributed by atoms with E-state index in [4.69, 9.17) is 4.98 Å². The quantitative estimate of drug-likeness (QED) is 0.138. The molecule has 1 fully saturated rings. The molecule has 2 aromatic heterocycles. The fourth-order valence-electron chi connectivity index (χ4n) is 5.80. The lowest BCUT2D eigenvalue weighted by molar-refractivity contribution is -0.122. The fourth-order valence-corrected chi connectivity index (χ4v) is 6.58. The van der Waals surface area contributed by atoms with Crippen molar-refractivity contribution < 1.29 is 9.18 Å². The van der Waals surface area contributed by atoms with E-state index in [-0.39, 0.29) is 17.8 Å². The second kappa shape index (κ2) is 13.7. The van der Waals surface area contributed by atoms with Crippen LogP contribution < -0.4 is 5.32 Å². The fraction of sp³-hybridized carbons (Fsp3) is 0.353. The van der Waals surface area contributed by atoms with Gasteiger partial charge in [-0.3, -0.25) is 9.69 Å². The van der Waals surface area contributed by atoms with Gasteiger partial charge < -0.3 is 9.88 Å². The normalized spacial score (nSPS) is 14.5. The molecule has 0 unspecified atom stereocenters. The van der Waals surface area contributed by atoms with Gasteiger partial charge >= 0.3 is 0 Å². The number of carbonyl (C=O) groups is 1. The van der Waals surface area contributed by atoms with Gasteiger partial charge in [-0.1, -0.05) is 71.9 Å². The average Bonchev–Trinajstić information content (AvgIpc) is 3.31. The van der Waals surface area contributed by atoms with Crippen LogP contribution in [0.4, 0.5) is 4.39 Å². The van der Waals surface area contributed by atoms with E-state index >= 15 is 0 Å². The van der Waals surface area contributed by atoms with E-state index < -0.39 is 0 Å². The molecule has 0 saturated carbocycles. The lowest BCUT2D eigenvalue weighted by Crippen LogP contribution is -2.44. The molecule has 9 heteroatoms. The standard InChI is InChI=1S/C34H37FN6OS/c1-24-14-15-30-28(21-24)32-33(41(30)23-26-11-5-6-12-29(26)35)37-34(39-38-32)43-20-8-7-13-31(42)36-27-16-18-40(19-17-27)22-25-9-3-2-4-10-25/h2-6,9-12,14-15,21,27H,7-8,13,16-20,22-23H2,1H3,(H,36,42). The first kappa shape index (κ1) is 29.3. The Kier molecular flexibility index (Phi) is 9.29. The molecule has 1 N–H and O–H groups in total. The van der Waals surface area contributed by atoms with Crippen molar-refractivity contribution in [3.8, 4) is 0 Å². The zero-order valence-corrected chi connectivity index (χ0v) is 25.3. The molecule has 1 aliphatic rings. The summed E-state index contributed by atoms with van der Waals surface area (Å²) in [4.78, 5) is 19.9. The maximum atomic E-state index is 14.5. The van der Waals surface area contributed by atoms with Gasteiger partial charge in [-0.15, -0.1) is 10.2 Å². The van der Waals surface area contributed by atoms with Crippen molar-refractivity contribution in [2.45, 2.75) is 63.3 Å². The molecule has 1 saturated heterocycles. The molecule has 6 rings (SSSR count). The van der Waals surface area contributed by atoms with Crippen LogP contribution in [0.25, 0.3) is 22.1 Å². The maximum Gasteiger partial charge on any atom is 0.220 e. The Morgan fingerprint density at radius 1 is 0.977 bits per heavy atom. The molecule has 7 nitrogen and oxygen atoms in total. The molecular formula is C34H37FN6OS. The second-order valence-electron chi connectivity index (χ2n) is 11.4. The monoisotopic (exact) mass is 596 g/mol. The number of nitrogens with one attached hydrogen (secondary N) is 1. The van der Waals surface area contributed by atoms with Gasteiger partial charge in [-0.2, -0.15) is 0 Å². The van der Waals surface area contributed by atoms with Crippen molar-refractivity contribution in [2.75, 3.05) is 18.8 Å². The van der Waals surface area contributed by atoms with Crippen molar-refractivity contribution in [3.63, 3.8) is 0 Å². The number of carbonyl (C=O) groups excluding carboxylic acids is 1. The maximum absolute atomic E-state index is 14.5. The number of aryl methyl sites for hydroxylation is 1. The van der Waals surface area contributed by atoms with E-state index in [9.17, 15) is 9.18 Å². The van der Waals surface area contributed by atoms with Crippen molar-refractivity contribution in [1.82, 2.24) is 30.0 Å². The van der Waals surface area contributed by atoms with Crippen LogP contribution in [0.5, 0.6) is 0 Å². The van der Waals surface area contributed by atoms with Crippen LogP contribution in [0, 0.1) is 12.7 Å². The summed E-state index contributed by atoms with van der Waals surface area (Å²) in [6, 6.07) is 23.8. The molecule has 0 atom stereocenters. The van der Waals surface area contributed by atoms with Crippen LogP contribution in [-0.4, -0.2) is 55.4 Å². The Morgan fingerprint density at radius 3 is 2.58 bits per heavy atom. The van der Waals surface area contributed by atoms with E-state index in [0.717, 1.165) is 73.1 Å². The summed E-state index contributed by atoms with van der Waals surface area (Å²) in [6.45, 7) is 5.39. The van der Waals surface area contributed by atoms with E-state index in [1.807, 2.05) is 35.8 Å². The molecule has 1 amide bonds. The number of rotatable bonds is 11. The molecular weight excluding hydrogens is 559 g/mol. The summed E-state index contributed by atoms with van der Waals surface area (Å²) in [5, 5.41) is 13.7. The number of aromatic nitrogens is 4. The number of amides is 1. The highest BCUT2D eigenvalue weighted by Crippen LogP contribution is 2.29. The molecule has 3 aromatic carbocycles. The second-order valence-corrected chi connectivity index (χ2v) is 12.4. The lowest BCUT2D eigenvalue weighted by Gasteiger charge is -2.32. The summed E-state index contributed by atoms with van der Waals surface area (Å²) < 4.78 is 16.6. The van der Waals surface area contributed by atoms with Crippen LogP contribution in [0.1, 0.15) is 48.8 Å². The van der Waals surface area contributed by atoms with Crippen molar-refractivity contribution in [1.29, 1.82) is 0 Å². The van der Waals surface area contributed by atoms with Crippen LogP contribution >= 0.6 is 11.8 Å². The van der Waals surface area contributed by atoms with E-state index in [0.29, 0.717) is 29.3 Å². The zero-order valence-electron chi connectivity index (χ0n) is 24.5. The first-order valence-corrected chi connectivity index (χ1v) is 16.1. The van der Waals surface area contributed by atoms with E-state index in [1.54, 1.807) is 23.9 Å². The third kappa shape index (κ3) is 7.22. The number of unbranched alkanes of at least 4 members (excludes halogenated alkanes) is 1. The lowest BCUT2D eigenvalue weighted by atomic mass is 10.0. The van der Waals surface area contributed by atoms with Gasteiger partial charge in [0, 0.05) is 48.8 Å². The van der Waals surface area contributed by atoms with Crippen LogP contribution in [0.15, 0.2) is 78.0 Å².